The molecule has 2 aliphatic heterocycles. The molecule has 2 aliphatic rings. The highest BCUT2D eigenvalue weighted by Crippen LogP contribution is 2.37. The Morgan fingerprint density at radius 2 is 1.84 bits per heavy atom. The number of rotatable bonds is 9. The van der Waals surface area contributed by atoms with Crippen LogP contribution in [0.2, 0.25) is 0 Å². The van der Waals surface area contributed by atoms with Crippen molar-refractivity contribution < 1.29 is 32.3 Å². The maximum atomic E-state index is 14.2. The molecule has 0 spiro atoms. The van der Waals surface area contributed by atoms with Crippen LogP contribution in [-0.4, -0.2) is 87.0 Å². The summed E-state index contributed by atoms with van der Waals surface area (Å²) in [6, 6.07) is 2.38. The van der Waals surface area contributed by atoms with E-state index in [9.17, 15) is 27.2 Å². The maximum absolute atomic E-state index is 14.2. The number of carboxylic acid groups (broad SMARTS) is 1. The van der Waals surface area contributed by atoms with Crippen molar-refractivity contribution in [2.75, 3.05) is 49.5 Å². The van der Waals surface area contributed by atoms with Crippen LogP contribution in [0.4, 0.5) is 28.5 Å². The van der Waals surface area contributed by atoms with Crippen molar-refractivity contribution in [3.05, 3.63) is 52.5 Å². The van der Waals surface area contributed by atoms with E-state index in [1.165, 1.54) is 12.4 Å². The second kappa shape index (κ2) is 12.9. The zero-order valence-electron chi connectivity index (χ0n) is 23.4. The summed E-state index contributed by atoms with van der Waals surface area (Å²) in [7, 11) is 0. The molecule has 0 radical (unpaired) electrons. The van der Waals surface area contributed by atoms with Gasteiger partial charge in [0, 0.05) is 49.2 Å². The second-order valence-electron chi connectivity index (χ2n) is 10.7. The van der Waals surface area contributed by atoms with Crippen LogP contribution in [0.5, 0.6) is 0 Å². The lowest BCUT2D eigenvalue weighted by Crippen LogP contribution is -2.52. The number of halogens is 4. The minimum absolute atomic E-state index is 0.0143. The highest BCUT2D eigenvalue weighted by molar-refractivity contribution is 7.16. The molecule has 1 atom stereocenters. The largest absolute Gasteiger partial charge is 0.481 e. The standard InChI is InChI=1S/C28H31F4N7O3S/c1-17-15-38(7-4-24(40)41)8-9-39(17)23-14-33-21(13-34-23)26(42)36-27-35-25(22(43-27)16-37-5-2-3-6-37)18-10-19(28(30,31)32)12-20(29)11-18/h10-14,17H,2-9,15-16H2,1H3,(H,40,41)(H,35,36,42)/t17-/m1/s1. The molecule has 0 aliphatic carbocycles. The molecule has 0 unspecified atom stereocenters. The monoisotopic (exact) mass is 621 g/mol. The summed E-state index contributed by atoms with van der Waals surface area (Å²) in [5.41, 5.74) is -0.909. The average molecular weight is 622 g/mol. The second-order valence-corrected chi connectivity index (χ2v) is 11.8. The van der Waals surface area contributed by atoms with Gasteiger partial charge in [0.15, 0.2) is 5.13 Å². The molecule has 3 aromatic rings. The fourth-order valence-corrected chi connectivity index (χ4v) is 6.37. The Morgan fingerprint density at radius 3 is 2.49 bits per heavy atom. The van der Waals surface area contributed by atoms with Gasteiger partial charge < -0.3 is 10.0 Å². The first-order valence-corrected chi connectivity index (χ1v) is 14.7. The number of hydrogen-bond acceptors (Lipinski definition) is 9. The number of anilines is 2. The molecule has 2 aromatic heterocycles. The first-order chi connectivity index (χ1) is 20.5. The number of nitrogens with zero attached hydrogens (tertiary/aromatic N) is 6. The quantitative estimate of drug-likeness (QED) is 0.331. The van der Waals surface area contributed by atoms with Gasteiger partial charge in [-0.3, -0.25) is 24.7 Å². The zero-order chi connectivity index (χ0) is 30.7. The number of benzene rings is 1. The summed E-state index contributed by atoms with van der Waals surface area (Å²) in [6.07, 6.45) is 0.197. The smallest absolute Gasteiger partial charge is 0.416 e. The van der Waals surface area contributed by atoms with Gasteiger partial charge in [-0.2, -0.15) is 13.2 Å². The highest BCUT2D eigenvalue weighted by Gasteiger charge is 2.32. The molecule has 1 amide bonds. The fraction of sp³-hybridized carbons (Fsp3) is 0.464. The third-order valence-electron chi connectivity index (χ3n) is 7.50. The van der Waals surface area contributed by atoms with E-state index in [1.54, 1.807) is 0 Å². The molecule has 4 heterocycles. The van der Waals surface area contributed by atoms with Crippen LogP contribution in [0.15, 0.2) is 30.6 Å². The van der Waals surface area contributed by atoms with Gasteiger partial charge in [-0.05, 0) is 51.1 Å². The summed E-state index contributed by atoms with van der Waals surface area (Å²) >= 11 is 1.13. The van der Waals surface area contributed by atoms with E-state index in [4.69, 9.17) is 5.11 Å². The van der Waals surface area contributed by atoms with E-state index >= 15 is 0 Å². The number of amides is 1. The van der Waals surface area contributed by atoms with Crippen LogP contribution in [0.1, 0.15) is 47.1 Å². The van der Waals surface area contributed by atoms with E-state index in [-0.39, 0.29) is 34.5 Å². The van der Waals surface area contributed by atoms with Gasteiger partial charge in [-0.25, -0.2) is 19.3 Å². The summed E-state index contributed by atoms with van der Waals surface area (Å²) in [5.74, 6) is -1.87. The number of carboxylic acids is 1. The van der Waals surface area contributed by atoms with Crippen LogP contribution in [0.3, 0.4) is 0 Å². The van der Waals surface area contributed by atoms with Gasteiger partial charge in [0.1, 0.15) is 17.3 Å². The summed E-state index contributed by atoms with van der Waals surface area (Å²) < 4.78 is 54.5. The first-order valence-electron chi connectivity index (χ1n) is 13.9. The third-order valence-corrected chi connectivity index (χ3v) is 8.46. The van der Waals surface area contributed by atoms with Crippen molar-refractivity contribution in [2.45, 2.75) is 44.9 Å². The predicted octanol–water partition coefficient (Wildman–Crippen LogP) is 4.59. The molecule has 2 saturated heterocycles. The Labute approximate surface area is 249 Å². The van der Waals surface area contributed by atoms with Crippen molar-refractivity contribution in [3.63, 3.8) is 0 Å². The molecule has 1 aromatic carbocycles. The van der Waals surface area contributed by atoms with Crippen molar-refractivity contribution in [2.24, 2.45) is 0 Å². The fourth-order valence-electron chi connectivity index (χ4n) is 5.35. The van der Waals surface area contributed by atoms with E-state index in [1.807, 2.05) is 11.8 Å². The molecule has 0 saturated carbocycles. The Morgan fingerprint density at radius 1 is 1.07 bits per heavy atom. The first kappa shape index (κ1) is 30.8. The van der Waals surface area contributed by atoms with Crippen molar-refractivity contribution >= 4 is 34.2 Å². The van der Waals surface area contributed by atoms with E-state index in [0.717, 1.165) is 49.4 Å². The number of thiazole rings is 1. The average Bonchev–Trinajstić information content (AvgIpc) is 3.61. The van der Waals surface area contributed by atoms with Gasteiger partial charge in [0.25, 0.3) is 5.91 Å². The number of aromatic nitrogens is 3. The highest BCUT2D eigenvalue weighted by atomic mass is 32.1. The molecule has 2 N–H and O–H groups in total. The molecule has 230 valence electrons. The van der Waals surface area contributed by atoms with Crippen molar-refractivity contribution in [1.82, 2.24) is 24.8 Å². The number of carbonyl (C=O) groups is 2. The van der Waals surface area contributed by atoms with Crippen LogP contribution in [0, 0.1) is 5.82 Å². The number of nitrogens with one attached hydrogen (secondary N) is 1. The van der Waals surface area contributed by atoms with E-state index in [2.05, 4.69) is 30.1 Å². The Bertz CT molecular complexity index is 1460. The SMILES string of the molecule is C[C@@H]1CN(CCC(=O)O)CCN1c1cnc(C(=O)Nc2nc(-c3cc(F)cc(C(F)(F)F)c3)c(CN3CCCC3)s2)cn1. The van der Waals surface area contributed by atoms with Gasteiger partial charge >= 0.3 is 12.1 Å². The van der Waals surface area contributed by atoms with Gasteiger partial charge in [0.05, 0.1) is 30.1 Å². The lowest BCUT2D eigenvalue weighted by atomic mass is 10.1. The number of likely N-dealkylation sites (tertiary alicyclic amines) is 1. The van der Waals surface area contributed by atoms with Crippen molar-refractivity contribution in [3.8, 4) is 11.3 Å². The Hall–Kier alpha value is -3.69. The van der Waals surface area contributed by atoms with Gasteiger partial charge in [-0.1, -0.05) is 11.3 Å². The third kappa shape index (κ3) is 7.64. The lowest BCUT2D eigenvalue weighted by Gasteiger charge is -2.40. The predicted molar refractivity (Wildman–Crippen MR) is 153 cm³/mol. The molecular formula is C28H31F4N7O3S. The summed E-state index contributed by atoms with van der Waals surface area (Å²) in [4.78, 5) is 43.9. The zero-order valence-corrected chi connectivity index (χ0v) is 24.2. The van der Waals surface area contributed by atoms with Crippen LogP contribution < -0.4 is 10.2 Å². The minimum atomic E-state index is -4.73. The van der Waals surface area contributed by atoms with Gasteiger partial charge in [0.2, 0.25) is 0 Å². The lowest BCUT2D eigenvalue weighted by molar-refractivity contribution is -0.138. The van der Waals surface area contributed by atoms with E-state index < -0.39 is 29.4 Å². The van der Waals surface area contributed by atoms with Gasteiger partial charge in [-0.15, -0.1) is 0 Å². The topological polar surface area (TPSA) is 115 Å². The molecule has 43 heavy (non-hydrogen) atoms. The maximum Gasteiger partial charge on any atom is 0.416 e. The van der Waals surface area contributed by atoms with Crippen LogP contribution in [-0.2, 0) is 17.5 Å². The Balaban J connectivity index is 1.31. The molecular weight excluding hydrogens is 590 g/mol. The van der Waals surface area contributed by atoms with E-state index in [0.29, 0.717) is 49.5 Å². The molecule has 2 fully saturated rings. The number of aliphatic carboxylic acids is 1. The summed E-state index contributed by atoms with van der Waals surface area (Å²) in [5, 5.41) is 11.8. The molecule has 10 nitrogen and oxygen atoms in total. The molecule has 5 rings (SSSR count). The number of piperazine rings is 1. The molecule has 15 heteroatoms. The van der Waals surface area contributed by atoms with Crippen LogP contribution in [0.25, 0.3) is 11.3 Å². The number of hydrogen-bond donors (Lipinski definition) is 2. The normalized spacial score (nSPS) is 18.3. The minimum Gasteiger partial charge on any atom is -0.481 e. The number of carbonyl (C=O) groups excluding carboxylic acids is 1. The summed E-state index contributed by atoms with van der Waals surface area (Å²) in [6.45, 7) is 6.50. The van der Waals surface area contributed by atoms with Crippen molar-refractivity contribution in [1.29, 1.82) is 0 Å². The Kier molecular flexibility index (Phi) is 9.22. The number of alkyl halides is 3. The van der Waals surface area contributed by atoms with Crippen LogP contribution >= 0.6 is 11.3 Å². The molecule has 0 bridgehead atoms.